The minimum absolute atomic E-state index is 0. The van der Waals surface area contributed by atoms with Gasteiger partial charge < -0.3 is 25.8 Å². The Balaban J connectivity index is 0.000000923. The van der Waals surface area contributed by atoms with Gasteiger partial charge in [0.2, 0.25) is 0 Å². The highest BCUT2D eigenvalue weighted by atomic mass is 35.5. The predicted molar refractivity (Wildman–Crippen MR) is 106 cm³/mol. The Kier molecular flexibility index (Phi) is 10.9. The number of nitrogens with two attached hydrogens (primary N) is 1. The van der Waals surface area contributed by atoms with Crippen LogP contribution in [0.25, 0.3) is 0 Å². The van der Waals surface area contributed by atoms with E-state index >= 15 is 0 Å². The van der Waals surface area contributed by atoms with Gasteiger partial charge in [-0.25, -0.2) is 9.59 Å². The van der Waals surface area contributed by atoms with Crippen LogP contribution >= 0.6 is 24.6 Å². The van der Waals surface area contributed by atoms with Crippen LogP contribution in [-0.2, 0) is 19.1 Å². The van der Waals surface area contributed by atoms with Gasteiger partial charge in [-0.05, 0) is 44.8 Å². The van der Waals surface area contributed by atoms with Crippen molar-refractivity contribution < 1.29 is 19.1 Å². The fourth-order valence-corrected chi connectivity index (χ4v) is 2.80. The number of ether oxygens (including phenoxy) is 2. The summed E-state index contributed by atoms with van der Waals surface area (Å²) in [4.78, 5) is 24.2. The average molecular weight is 406 g/mol. The van der Waals surface area contributed by atoms with E-state index in [4.69, 9.17) is 15.2 Å². The molecule has 0 aromatic carbocycles. The van der Waals surface area contributed by atoms with Gasteiger partial charge in [0.25, 0.3) is 0 Å². The molecule has 1 aliphatic heterocycles. The van der Waals surface area contributed by atoms with Crippen LogP contribution in [0.4, 0.5) is 0 Å². The van der Waals surface area contributed by atoms with E-state index in [0.29, 0.717) is 28.8 Å². The first kappa shape index (κ1) is 24.2. The zero-order valence-corrected chi connectivity index (χ0v) is 17.2. The molecule has 7 nitrogen and oxygen atoms in total. The van der Waals surface area contributed by atoms with E-state index in [9.17, 15) is 9.59 Å². The Labute approximate surface area is 166 Å². The molecular weight excluding hydrogens is 378 g/mol. The van der Waals surface area contributed by atoms with E-state index in [1.54, 1.807) is 20.2 Å². The summed E-state index contributed by atoms with van der Waals surface area (Å²) < 4.78 is 9.99. The van der Waals surface area contributed by atoms with Gasteiger partial charge in [0.1, 0.15) is 0 Å². The number of methoxy groups -OCH3 is 1. The van der Waals surface area contributed by atoms with Crippen molar-refractivity contribution in [3.63, 3.8) is 0 Å². The lowest BCUT2D eigenvalue weighted by molar-refractivity contribution is -0.140. The van der Waals surface area contributed by atoms with E-state index in [2.05, 4.69) is 22.9 Å². The van der Waals surface area contributed by atoms with Crippen molar-refractivity contribution in [2.45, 2.75) is 33.1 Å². The van der Waals surface area contributed by atoms with Gasteiger partial charge in [-0.15, -0.1) is 12.4 Å². The second-order valence-corrected chi connectivity index (χ2v) is 6.22. The quantitative estimate of drug-likeness (QED) is 0.480. The highest BCUT2D eigenvalue weighted by Gasteiger charge is 2.41. The van der Waals surface area contributed by atoms with Crippen molar-refractivity contribution in [2.24, 2.45) is 17.6 Å². The number of rotatable bonds is 4. The third-order valence-electron chi connectivity index (χ3n) is 4.28. The van der Waals surface area contributed by atoms with Gasteiger partial charge in [0.15, 0.2) is 5.11 Å². The summed E-state index contributed by atoms with van der Waals surface area (Å²) in [5.41, 5.74) is 6.75. The molecule has 0 bridgehead atoms. The number of thiocarbonyl (C=S) groups is 1. The lowest BCUT2D eigenvalue weighted by Crippen LogP contribution is -2.37. The molecule has 0 saturated heterocycles. The summed E-state index contributed by atoms with van der Waals surface area (Å²) >= 11 is 4.36. The zero-order chi connectivity index (χ0) is 19.0. The third-order valence-corrected chi connectivity index (χ3v) is 4.48. The molecule has 0 aromatic rings. The largest absolute Gasteiger partial charge is 0.466 e. The first-order valence-electron chi connectivity index (χ1n) is 8.27. The van der Waals surface area contributed by atoms with Crippen molar-refractivity contribution >= 4 is 41.7 Å². The smallest absolute Gasteiger partial charge is 0.336 e. The van der Waals surface area contributed by atoms with E-state index in [0.717, 1.165) is 25.0 Å². The monoisotopic (exact) mass is 405 g/mol. The Bertz CT molecular complexity index is 589. The fraction of sp³-hybridized carbons (Fsp3) is 0.588. The fourth-order valence-electron chi connectivity index (χ4n) is 2.80. The van der Waals surface area contributed by atoms with Crippen LogP contribution in [-0.4, -0.2) is 37.8 Å². The van der Waals surface area contributed by atoms with Crippen LogP contribution in [0.15, 0.2) is 23.0 Å². The normalized spacial score (nSPS) is 18.6. The van der Waals surface area contributed by atoms with Crippen LogP contribution < -0.4 is 16.4 Å². The third kappa shape index (κ3) is 6.17. The maximum Gasteiger partial charge on any atom is 0.336 e. The number of halogens is 1. The van der Waals surface area contributed by atoms with Crippen LogP contribution in [0.2, 0.25) is 0 Å². The Hall–Kier alpha value is -1.80. The number of hydrogen-bond donors (Lipinski definition) is 3. The molecule has 1 saturated carbocycles. The Morgan fingerprint density at radius 3 is 2.35 bits per heavy atom. The van der Waals surface area contributed by atoms with Crippen LogP contribution in [0, 0.1) is 11.8 Å². The molecule has 26 heavy (non-hydrogen) atoms. The molecule has 1 heterocycles. The van der Waals surface area contributed by atoms with Crippen LogP contribution in [0.5, 0.6) is 0 Å². The van der Waals surface area contributed by atoms with Crippen molar-refractivity contribution in [2.75, 3.05) is 20.8 Å². The summed E-state index contributed by atoms with van der Waals surface area (Å²) in [5.74, 6) is -0.624. The molecule has 2 aliphatic rings. The minimum atomic E-state index is -0.373. The lowest BCUT2D eigenvalue weighted by Gasteiger charge is -2.37. The summed E-state index contributed by atoms with van der Waals surface area (Å²) in [5, 5.41) is 5.86. The van der Waals surface area contributed by atoms with Gasteiger partial charge >= 0.3 is 11.9 Å². The van der Waals surface area contributed by atoms with Crippen LogP contribution in [0.3, 0.4) is 0 Å². The number of nitrogens with one attached hydrogen (secondary N) is 2. The standard InChI is InChI=1S/C15H21NO4.C2H6N2S.ClH/c1-4-20-14(17)11-8-16-9(2)12(15(18)19-3)13(11)10-6-5-7-10;1-4-2(3)5;/h8,10,13,16H,4-7H2,1-3H3;1H3,(H3,3,4,5);1H/t13-;;/m1../s1. The molecule has 1 atom stereocenters. The molecule has 1 aliphatic carbocycles. The maximum absolute atomic E-state index is 12.1. The SMILES string of the molecule is CCOC(=O)C1=CNC(C)=C(C(=O)OC)[C@@H]1C1CCC1.CNC(N)=S.Cl. The molecule has 1 fully saturated rings. The Morgan fingerprint density at radius 1 is 1.38 bits per heavy atom. The molecule has 9 heteroatoms. The maximum atomic E-state index is 12.1. The zero-order valence-electron chi connectivity index (χ0n) is 15.6. The highest BCUT2D eigenvalue weighted by Crippen LogP contribution is 2.43. The second kappa shape index (κ2) is 11.7. The summed E-state index contributed by atoms with van der Waals surface area (Å²) in [7, 11) is 3.05. The van der Waals surface area contributed by atoms with Gasteiger partial charge in [0, 0.05) is 24.9 Å². The highest BCUT2D eigenvalue weighted by molar-refractivity contribution is 7.80. The van der Waals surface area contributed by atoms with E-state index in [1.807, 2.05) is 6.92 Å². The number of dihydropyridines is 1. The number of hydrogen-bond acceptors (Lipinski definition) is 6. The van der Waals surface area contributed by atoms with Crippen molar-refractivity contribution in [3.8, 4) is 0 Å². The van der Waals surface area contributed by atoms with E-state index in [1.165, 1.54) is 7.11 Å². The van der Waals surface area contributed by atoms with E-state index in [-0.39, 0.29) is 30.3 Å². The molecular formula is C17H28ClN3O4S. The average Bonchev–Trinajstić information content (AvgIpc) is 2.53. The van der Waals surface area contributed by atoms with Gasteiger partial charge in [-0.3, -0.25) is 0 Å². The van der Waals surface area contributed by atoms with Gasteiger partial charge in [-0.2, -0.15) is 0 Å². The van der Waals surface area contributed by atoms with E-state index < -0.39 is 0 Å². The molecule has 148 valence electrons. The summed E-state index contributed by atoms with van der Waals surface area (Å²) in [6.07, 6.45) is 4.85. The van der Waals surface area contributed by atoms with Gasteiger partial charge in [0.05, 0.1) is 24.9 Å². The molecule has 2 rings (SSSR count). The summed E-state index contributed by atoms with van der Waals surface area (Å²) in [6, 6.07) is 0. The first-order valence-corrected chi connectivity index (χ1v) is 8.68. The van der Waals surface area contributed by atoms with Crippen LogP contribution in [0.1, 0.15) is 33.1 Å². The number of allylic oxidation sites excluding steroid dienone is 1. The molecule has 4 N–H and O–H groups in total. The molecule has 0 aromatic heterocycles. The lowest BCUT2D eigenvalue weighted by atomic mass is 9.68. The second-order valence-electron chi connectivity index (χ2n) is 5.78. The minimum Gasteiger partial charge on any atom is -0.466 e. The topological polar surface area (TPSA) is 103 Å². The molecule has 0 spiro atoms. The van der Waals surface area contributed by atoms with Crippen molar-refractivity contribution in [1.29, 1.82) is 0 Å². The number of carbonyl (C=O) groups is 2. The summed E-state index contributed by atoms with van der Waals surface area (Å²) in [6.45, 7) is 3.93. The predicted octanol–water partition coefficient (Wildman–Crippen LogP) is 1.77. The van der Waals surface area contributed by atoms with Crippen molar-refractivity contribution in [1.82, 2.24) is 10.6 Å². The van der Waals surface area contributed by atoms with Crippen molar-refractivity contribution in [3.05, 3.63) is 23.0 Å². The molecule has 0 radical (unpaired) electrons. The first-order chi connectivity index (χ1) is 11.9. The number of esters is 2. The molecule has 0 amide bonds. The van der Waals surface area contributed by atoms with Gasteiger partial charge in [-0.1, -0.05) is 6.42 Å². The molecule has 0 unspecified atom stereocenters. The Morgan fingerprint density at radius 2 is 1.96 bits per heavy atom. The number of carbonyl (C=O) groups excluding carboxylic acids is 2.